The van der Waals surface area contributed by atoms with Crippen LogP contribution in [0.15, 0.2) is 77.3 Å². The Morgan fingerprint density at radius 3 is 2.51 bits per heavy atom. The minimum absolute atomic E-state index is 0.314. The highest BCUT2D eigenvalue weighted by Gasteiger charge is 2.36. The van der Waals surface area contributed by atoms with Crippen molar-refractivity contribution >= 4 is 39.0 Å². The number of aromatic nitrogens is 1. The van der Waals surface area contributed by atoms with Gasteiger partial charge in [0.2, 0.25) is 0 Å². The van der Waals surface area contributed by atoms with Gasteiger partial charge in [0.1, 0.15) is 22.3 Å². The maximum Gasteiger partial charge on any atom is 0.417 e. The van der Waals surface area contributed by atoms with Gasteiger partial charge in [-0.25, -0.2) is 13.0 Å². The van der Waals surface area contributed by atoms with Crippen LogP contribution in [-0.4, -0.2) is 19.9 Å². The SMILES string of the molecule is N#Cc1ccc(C(NS(=O)(=O)c2cc3cc(OCC[n+]4ccccc4)ccc3s2)P(=O)([O-])O)cc1C(F)(F)F. The molecule has 39 heavy (non-hydrogen) atoms. The monoisotopic (exact) mass is 597 g/mol. The summed E-state index contributed by atoms with van der Waals surface area (Å²) in [6, 6.07) is 14.9. The van der Waals surface area contributed by atoms with Crippen LogP contribution in [0.5, 0.6) is 5.75 Å². The van der Waals surface area contributed by atoms with Gasteiger partial charge in [-0.1, -0.05) is 12.1 Å². The van der Waals surface area contributed by atoms with Gasteiger partial charge in [0.15, 0.2) is 26.5 Å². The molecule has 4 aromatic rings. The molecule has 2 aromatic carbocycles. The highest BCUT2D eigenvalue weighted by molar-refractivity contribution is 7.92. The van der Waals surface area contributed by atoms with Gasteiger partial charge in [0.05, 0.1) is 17.2 Å². The zero-order chi connectivity index (χ0) is 28.4. The largest absolute Gasteiger partial charge is 0.777 e. The summed E-state index contributed by atoms with van der Waals surface area (Å²) in [5.74, 6) is -1.97. The Labute approximate surface area is 224 Å². The molecule has 2 atom stereocenters. The molecule has 0 radical (unpaired) electrons. The molecule has 0 saturated carbocycles. The van der Waals surface area contributed by atoms with Crippen LogP contribution in [0.2, 0.25) is 0 Å². The van der Waals surface area contributed by atoms with Gasteiger partial charge in [-0.2, -0.15) is 23.2 Å². The number of alkyl halides is 3. The maximum absolute atomic E-state index is 13.4. The predicted molar refractivity (Wildman–Crippen MR) is 133 cm³/mol. The van der Waals surface area contributed by atoms with Gasteiger partial charge in [0.25, 0.3) is 10.0 Å². The Kier molecular flexibility index (Phi) is 8.13. The molecule has 2 aromatic heterocycles. The lowest BCUT2D eigenvalue weighted by atomic mass is 10.0. The number of ether oxygens (including phenoxy) is 1. The van der Waals surface area contributed by atoms with E-state index in [-0.39, 0.29) is 4.21 Å². The molecule has 2 unspecified atom stereocenters. The molecule has 4 rings (SSSR count). The predicted octanol–water partition coefficient (Wildman–Crippen LogP) is 3.68. The number of nitrogens with zero attached hydrogens (tertiary/aromatic N) is 2. The van der Waals surface area contributed by atoms with Crippen LogP contribution in [0.25, 0.3) is 10.1 Å². The van der Waals surface area contributed by atoms with Crippen LogP contribution >= 0.6 is 18.9 Å². The number of sulfonamides is 1. The van der Waals surface area contributed by atoms with E-state index in [2.05, 4.69) is 0 Å². The van der Waals surface area contributed by atoms with E-state index in [1.165, 1.54) is 12.1 Å². The second-order valence-electron chi connectivity index (χ2n) is 8.23. The minimum Gasteiger partial charge on any atom is -0.777 e. The quantitative estimate of drug-likeness (QED) is 0.221. The first-order valence-corrected chi connectivity index (χ1v) is 15.0. The average molecular weight is 598 g/mol. The molecule has 9 nitrogen and oxygen atoms in total. The molecule has 2 heterocycles. The van der Waals surface area contributed by atoms with Crippen molar-refractivity contribution < 1.29 is 45.2 Å². The van der Waals surface area contributed by atoms with E-state index in [0.29, 0.717) is 41.1 Å². The Bertz CT molecular complexity index is 1700. The molecule has 0 aliphatic rings. The van der Waals surface area contributed by atoms with E-state index in [9.17, 15) is 35.9 Å². The zero-order valence-corrected chi connectivity index (χ0v) is 22.2. The molecule has 0 saturated heterocycles. The third kappa shape index (κ3) is 6.83. The van der Waals surface area contributed by atoms with E-state index in [1.54, 1.807) is 22.9 Å². The minimum atomic E-state index is -5.60. The number of fused-ring (bicyclic) bond motifs is 1. The highest BCUT2D eigenvalue weighted by atomic mass is 32.2. The molecule has 0 bridgehead atoms. The number of hydrogen-bond donors (Lipinski definition) is 2. The fraction of sp³-hybridized carbons (Fsp3) is 0.167. The van der Waals surface area contributed by atoms with Crippen molar-refractivity contribution in [3.05, 3.63) is 89.7 Å². The van der Waals surface area contributed by atoms with E-state index in [1.807, 2.05) is 35.2 Å². The van der Waals surface area contributed by atoms with Gasteiger partial charge in [0, 0.05) is 16.8 Å². The number of thiophene rings is 1. The molecule has 0 aliphatic carbocycles. The molecule has 0 fully saturated rings. The van der Waals surface area contributed by atoms with Crippen molar-refractivity contribution in [2.24, 2.45) is 0 Å². The maximum atomic E-state index is 13.4. The summed E-state index contributed by atoms with van der Waals surface area (Å²) in [4.78, 5) is 21.8. The first kappa shape index (κ1) is 28.7. The second kappa shape index (κ2) is 11.1. The summed E-state index contributed by atoms with van der Waals surface area (Å²) in [6.07, 6.45) is -1.28. The molecule has 2 N–H and O–H groups in total. The molecular formula is C24H19F3N3O6PS2. The van der Waals surface area contributed by atoms with Crippen molar-refractivity contribution in [2.45, 2.75) is 22.7 Å². The van der Waals surface area contributed by atoms with Crippen LogP contribution in [0.4, 0.5) is 13.2 Å². The van der Waals surface area contributed by atoms with Crippen LogP contribution in [0.3, 0.4) is 0 Å². The van der Waals surface area contributed by atoms with Gasteiger partial charge >= 0.3 is 6.18 Å². The lowest BCUT2D eigenvalue weighted by molar-refractivity contribution is -0.697. The van der Waals surface area contributed by atoms with Crippen molar-refractivity contribution in [3.63, 3.8) is 0 Å². The fourth-order valence-electron chi connectivity index (χ4n) is 3.66. The Balaban J connectivity index is 1.59. The van der Waals surface area contributed by atoms with E-state index in [4.69, 9.17) is 10.00 Å². The summed E-state index contributed by atoms with van der Waals surface area (Å²) in [5.41, 5.74) is -2.98. The Hall–Kier alpha value is -3.31. The molecule has 0 aliphatic heterocycles. The summed E-state index contributed by atoms with van der Waals surface area (Å²) in [5, 5.41) is 9.43. The average Bonchev–Trinajstić information content (AvgIpc) is 3.31. The lowest BCUT2D eigenvalue weighted by Crippen LogP contribution is -2.35. The van der Waals surface area contributed by atoms with Crippen LogP contribution in [0.1, 0.15) is 22.5 Å². The smallest absolute Gasteiger partial charge is 0.417 e. The molecule has 0 spiro atoms. The molecule has 0 amide bonds. The summed E-state index contributed by atoms with van der Waals surface area (Å²) < 4.78 is 88.0. The number of rotatable bonds is 9. The van der Waals surface area contributed by atoms with Gasteiger partial charge in [-0.05, 0) is 47.3 Å². The number of benzene rings is 2. The molecule has 15 heteroatoms. The number of nitrogens with one attached hydrogen (secondary N) is 1. The van der Waals surface area contributed by atoms with Gasteiger partial charge < -0.3 is 19.1 Å². The first-order chi connectivity index (χ1) is 18.3. The number of hydrogen-bond acceptors (Lipinski definition) is 7. The van der Waals surface area contributed by atoms with Crippen molar-refractivity contribution in [2.75, 3.05) is 6.61 Å². The van der Waals surface area contributed by atoms with Crippen LogP contribution < -0.4 is 18.9 Å². The molecular weight excluding hydrogens is 578 g/mol. The molecule has 204 valence electrons. The third-order valence-corrected chi connectivity index (χ3v) is 9.77. The number of halogens is 3. The Morgan fingerprint density at radius 1 is 1.15 bits per heavy atom. The fourth-order valence-corrected chi connectivity index (χ4v) is 7.61. The summed E-state index contributed by atoms with van der Waals surface area (Å²) in [7, 11) is -10.2. The summed E-state index contributed by atoms with van der Waals surface area (Å²) >= 11 is 0.788. The summed E-state index contributed by atoms with van der Waals surface area (Å²) in [6.45, 7) is 0.897. The zero-order valence-electron chi connectivity index (χ0n) is 19.7. The van der Waals surface area contributed by atoms with Crippen molar-refractivity contribution in [1.29, 1.82) is 5.26 Å². The van der Waals surface area contributed by atoms with Gasteiger partial charge in [-0.15, -0.1) is 11.3 Å². The topological polar surface area (TPSA) is 143 Å². The number of nitriles is 1. The van der Waals surface area contributed by atoms with Gasteiger partial charge in [-0.3, -0.25) is 0 Å². The van der Waals surface area contributed by atoms with E-state index >= 15 is 0 Å². The van der Waals surface area contributed by atoms with E-state index in [0.717, 1.165) is 17.4 Å². The normalized spacial score (nSPS) is 14.5. The van der Waals surface area contributed by atoms with Crippen molar-refractivity contribution in [1.82, 2.24) is 4.72 Å². The first-order valence-electron chi connectivity index (χ1n) is 11.1. The van der Waals surface area contributed by atoms with E-state index < -0.39 is 46.3 Å². The second-order valence-corrected chi connectivity index (χ2v) is 12.9. The van der Waals surface area contributed by atoms with Crippen LogP contribution in [-0.2, 0) is 27.3 Å². The third-order valence-electron chi connectivity index (χ3n) is 5.50. The number of pyridine rings is 1. The van der Waals surface area contributed by atoms with Crippen LogP contribution in [0, 0.1) is 11.3 Å². The Morgan fingerprint density at radius 2 is 1.87 bits per heavy atom. The lowest BCUT2D eigenvalue weighted by Gasteiger charge is -2.28. The highest BCUT2D eigenvalue weighted by Crippen LogP contribution is 2.48. The van der Waals surface area contributed by atoms with Crippen molar-refractivity contribution in [3.8, 4) is 11.8 Å². The standard InChI is InChI=1S/C24H19F3N3O6PS2/c25-24(26,27)20-13-16(4-5-17(20)15-28)23(37(31,32)33)29-39(34,35)22-14-18-12-19(6-7-21(18)38-22)36-11-10-30-8-2-1-3-9-30/h1-9,12-14,23,29H,10-11H2,(H-,31,32,33).